The fourth-order valence-corrected chi connectivity index (χ4v) is 2.94. The lowest BCUT2D eigenvalue weighted by molar-refractivity contribution is -0.127. The Bertz CT molecular complexity index is 746. The lowest BCUT2D eigenvalue weighted by Gasteiger charge is -2.35. The highest BCUT2D eigenvalue weighted by molar-refractivity contribution is 5.92. The lowest BCUT2D eigenvalue weighted by Crippen LogP contribution is -2.51. The fraction of sp³-hybridized carbons (Fsp3) is 0.565. The Labute approximate surface area is 179 Å². The third kappa shape index (κ3) is 7.28. The van der Waals surface area contributed by atoms with Gasteiger partial charge in [0.2, 0.25) is 5.91 Å². The van der Waals surface area contributed by atoms with Crippen LogP contribution in [0.1, 0.15) is 46.1 Å². The molecule has 7 heteroatoms. The van der Waals surface area contributed by atoms with Crippen LogP contribution in [0.2, 0.25) is 0 Å². The summed E-state index contributed by atoms with van der Waals surface area (Å²) < 4.78 is 16.5. The average molecular weight is 419 g/mol. The van der Waals surface area contributed by atoms with Crippen LogP contribution >= 0.6 is 0 Å². The number of piperazine rings is 1. The maximum absolute atomic E-state index is 12.5. The smallest absolute Gasteiger partial charge is 0.410 e. The Kier molecular flexibility index (Phi) is 8.57. The third-order valence-electron chi connectivity index (χ3n) is 4.60. The van der Waals surface area contributed by atoms with Gasteiger partial charge in [-0.3, -0.25) is 4.79 Å². The quantitative estimate of drug-likeness (QED) is 0.495. The first kappa shape index (κ1) is 23.6. The van der Waals surface area contributed by atoms with Gasteiger partial charge in [-0.15, -0.1) is 0 Å². The van der Waals surface area contributed by atoms with Crippen molar-refractivity contribution in [1.82, 2.24) is 9.80 Å². The van der Waals surface area contributed by atoms with Crippen molar-refractivity contribution in [3.05, 3.63) is 29.8 Å². The zero-order valence-corrected chi connectivity index (χ0v) is 18.8. The third-order valence-corrected chi connectivity index (χ3v) is 4.60. The minimum absolute atomic E-state index is 0.0823. The van der Waals surface area contributed by atoms with Crippen LogP contribution < -0.4 is 9.47 Å². The summed E-state index contributed by atoms with van der Waals surface area (Å²) in [6.07, 6.45) is 5.03. The van der Waals surface area contributed by atoms with Gasteiger partial charge in [0.25, 0.3) is 0 Å². The molecule has 166 valence electrons. The fourth-order valence-electron chi connectivity index (χ4n) is 2.94. The molecule has 1 heterocycles. The highest BCUT2D eigenvalue weighted by atomic mass is 16.6. The molecule has 2 rings (SSSR count). The number of carbonyl (C=O) groups is 2. The zero-order chi connectivity index (χ0) is 22.1. The van der Waals surface area contributed by atoms with Gasteiger partial charge < -0.3 is 24.0 Å². The molecule has 1 fully saturated rings. The molecule has 1 aromatic carbocycles. The van der Waals surface area contributed by atoms with Crippen molar-refractivity contribution in [2.24, 2.45) is 0 Å². The Morgan fingerprint density at radius 3 is 2.33 bits per heavy atom. The highest BCUT2D eigenvalue weighted by Gasteiger charge is 2.26. The van der Waals surface area contributed by atoms with Crippen LogP contribution in [0.3, 0.4) is 0 Å². The minimum Gasteiger partial charge on any atom is -0.493 e. The molecule has 0 aromatic heterocycles. The van der Waals surface area contributed by atoms with Crippen LogP contribution in [0.15, 0.2) is 24.3 Å². The summed E-state index contributed by atoms with van der Waals surface area (Å²) in [5.74, 6) is 1.26. The molecule has 1 aliphatic rings. The molecule has 0 unspecified atom stereocenters. The van der Waals surface area contributed by atoms with Crippen molar-refractivity contribution in [2.75, 3.05) is 39.9 Å². The molecule has 0 N–H and O–H groups in total. The Morgan fingerprint density at radius 2 is 1.73 bits per heavy atom. The summed E-state index contributed by atoms with van der Waals surface area (Å²) >= 11 is 0. The predicted molar refractivity (Wildman–Crippen MR) is 117 cm³/mol. The number of hydrogen-bond acceptors (Lipinski definition) is 5. The molecule has 0 spiro atoms. The van der Waals surface area contributed by atoms with Crippen LogP contribution in [-0.4, -0.2) is 67.3 Å². The van der Waals surface area contributed by atoms with E-state index in [-0.39, 0.29) is 12.0 Å². The Balaban J connectivity index is 1.89. The summed E-state index contributed by atoms with van der Waals surface area (Å²) in [5, 5.41) is 0. The van der Waals surface area contributed by atoms with Gasteiger partial charge in [0, 0.05) is 32.3 Å². The number of methoxy groups -OCH3 is 1. The second-order valence-electron chi connectivity index (χ2n) is 8.24. The van der Waals surface area contributed by atoms with E-state index in [9.17, 15) is 9.59 Å². The van der Waals surface area contributed by atoms with Gasteiger partial charge in [0.1, 0.15) is 5.60 Å². The van der Waals surface area contributed by atoms with Gasteiger partial charge in [-0.1, -0.05) is 19.4 Å². The van der Waals surface area contributed by atoms with E-state index in [4.69, 9.17) is 14.2 Å². The number of nitrogens with zero attached hydrogens (tertiary/aromatic N) is 2. The van der Waals surface area contributed by atoms with E-state index in [0.29, 0.717) is 44.3 Å². The van der Waals surface area contributed by atoms with E-state index in [1.807, 2.05) is 39.0 Å². The first-order valence-corrected chi connectivity index (χ1v) is 10.5. The van der Waals surface area contributed by atoms with E-state index < -0.39 is 5.60 Å². The van der Waals surface area contributed by atoms with Crippen molar-refractivity contribution in [2.45, 2.75) is 46.1 Å². The van der Waals surface area contributed by atoms with Crippen LogP contribution in [-0.2, 0) is 9.53 Å². The molecule has 0 bridgehead atoms. The lowest BCUT2D eigenvalue weighted by atomic mass is 10.1. The number of unbranched alkanes of at least 4 members (excludes halogenated alkanes) is 1. The van der Waals surface area contributed by atoms with E-state index in [1.165, 1.54) is 0 Å². The zero-order valence-electron chi connectivity index (χ0n) is 18.8. The molecule has 1 saturated heterocycles. The van der Waals surface area contributed by atoms with E-state index >= 15 is 0 Å². The molecule has 0 radical (unpaired) electrons. The summed E-state index contributed by atoms with van der Waals surface area (Å²) in [6, 6.07) is 5.61. The molecule has 1 aliphatic heterocycles. The minimum atomic E-state index is -0.523. The number of amides is 2. The van der Waals surface area contributed by atoms with Crippen molar-refractivity contribution >= 4 is 18.1 Å². The van der Waals surface area contributed by atoms with Crippen molar-refractivity contribution < 1.29 is 23.8 Å². The summed E-state index contributed by atoms with van der Waals surface area (Å²) in [5.41, 5.74) is 0.333. The van der Waals surface area contributed by atoms with E-state index in [0.717, 1.165) is 18.4 Å². The first-order valence-electron chi connectivity index (χ1n) is 10.5. The molecule has 0 atom stereocenters. The normalized spacial score (nSPS) is 14.7. The van der Waals surface area contributed by atoms with E-state index in [1.54, 1.807) is 29.1 Å². The molecular formula is C23H34N2O5. The largest absolute Gasteiger partial charge is 0.493 e. The summed E-state index contributed by atoms with van der Waals surface area (Å²) in [4.78, 5) is 28.0. The highest BCUT2D eigenvalue weighted by Crippen LogP contribution is 2.28. The first-order chi connectivity index (χ1) is 14.2. The molecule has 2 amide bonds. The van der Waals surface area contributed by atoms with Gasteiger partial charge in [-0.25, -0.2) is 4.79 Å². The van der Waals surface area contributed by atoms with Gasteiger partial charge in [-0.2, -0.15) is 0 Å². The average Bonchev–Trinajstić information content (AvgIpc) is 2.71. The van der Waals surface area contributed by atoms with Gasteiger partial charge in [0.15, 0.2) is 11.5 Å². The van der Waals surface area contributed by atoms with Crippen LogP contribution in [0, 0.1) is 0 Å². The van der Waals surface area contributed by atoms with Crippen molar-refractivity contribution in [3.63, 3.8) is 0 Å². The number of carbonyl (C=O) groups excluding carboxylic acids is 2. The second kappa shape index (κ2) is 10.9. The topological polar surface area (TPSA) is 68.3 Å². The van der Waals surface area contributed by atoms with E-state index in [2.05, 4.69) is 6.92 Å². The summed E-state index contributed by atoms with van der Waals surface area (Å²) in [6.45, 7) is 10.2. The van der Waals surface area contributed by atoms with Gasteiger partial charge in [0.05, 0.1) is 13.7 Å². The number of rotatable bonds is 7. The molecule has 30 heavy (non-hydrogen) atoms. The van der Waals surface area contributed by atoms with Crippen LogP contribution in [0.4, 0.5) is 4.79 Å². The number of hydrogen-bond donors (Lipinski definition) is 0. The maximum Gasteiger partial charge on any atom is 0.410 e. The molecule has 1 aromatic rings. The van der Waals surface area contributed by atoms with Gasteiger partial charge in [-0.05, 0) is 51.0 Å². The standard InChI is InChI=1S/C23H34N2O5/c1-6-7-16-29-19-10-8-18(17-20(19)28-5)9-11-21(26)24-12-14-25(15-13-24)22(27)30-23(2,3)4/h8-11,17H,6-7,12-16H2,1-5H3/b11-9+. The molecule has 7 nitrogen and oxygen atoms in total. The second-order valence-corrected chi connectivity index (χ2v) is 8.24. The predicted octanol–water partition coefficient (Wildman–Crippen LogP) is 3.97. The number of ether oxygens (including phenoxy) is 3. The van der Waals surface area contributed by atoms with Crippen molar-refractivity contribution in [3.8, 4) is 11.5 Å². The molecule has 0 saturated carbocycles. The molecular weight excluding hydrogens is 384 g/mol. The van der Waals surface area contributed by atoms with Crippen molar-refractivity contribution in [1.29, 1.82) is 0 Å². The molecule has 0 aliphatic carbocycles. The Hall–Kier alpha value is -2.70. The number of benzene rings is 1. The monoisotopic (exact) mass is 418 g/mol. The SMILES string of the molecule is CCCCOc1ccc(/C=C/C(=O)N2CCN(C(=O)OC(C)(C)C)CC2)cc1OC. The maximum atomic E-state index is 12.5. The summed E-state index contributed by atoms with van der Waals surface area (Å²) in [7, 11) is 1.60. The van der Waals surface area contributed by atoms with Crippen LogP contribution in [0.5, 0.6) is 11.5 Å². The van der Waals surface area contributed by atoms with Gasteiger partial charge >= 0.3 is 6.09 Å². The van der Waals surface area contributed by atoms with Crippen LogP contribution in [0.25, 0.3) is 6.08 Å². The Morgan fingerprint density at radius 1 is 1.07 bits per heavy atom.